The monoisotopic (exact) mass is 492 g/mol. The Morgan fingerprint density at radius 1 is 0.696 bits per heavy atom. The van der Waals surface area contributed by atoms with Crippen LogP contribution in [-0.4, -0.2) is 57.7 Å². The van der Waals surface area contributed by atoms with Gasteiger partial charge in [-0.3, -0.25) is 0 Å². The molecule has 0 saturated heterocycles. The van der Waals surface area contributed by atoms with Gasteiger partial charge >= 0.3 is 27.5 Å². The number of rotatable bonds is 6. The van der Waals surface area contributed by atoms with Crippen LogP contribution in [0.1, 0.15) is 20.8 Å². The summed E-state index contributed by atoms with van der Waals surface area (Å²) in [6.07, 6.45) is 0. The normalized spacial score (nSPS) is 12.6. The molecule has 0 N–H and O–H groups in total. The summed E-state index contributed by atoms with van der Waals surface area (Å²) in [5, 5.41) is 29.3. The van der Waals surface area contributed by atoms with E-state index in [0.29, 0.717) is 17.3 Å². The first-order valence-corrected chi connectivity index (χ1v) is 11.2. The Morgan fingerprint density at radius 2 is 0.826 bits per heavy atom. The first-order chi connectivity index (χ1) is 10.5. The Balaban J connectivity index is -0.000000111. The van der Waals surface area contributed by atoms with Crippen molar-refractivity contribution in [1.82, 2.24) is 0 Å². The summed E-state index contributed by atoms with van der Waals surface area (Å²) in [6.45, 7) is 4.67. The number of carbonyl (C=O) groups is 3. The summed E-state index contributed by atoms with van der Waals surface area (Å²) in [5.41, 5.74) is 0. The molecule has 134 valence electrons. The first-order valence-electron chi connectivity index (χ1n) is 6.50. The van der Waals surface area contributed by atoms with E-state index in [1.54, 1.807) is 43.3 Å². The molecule has 6 nitrogen and oxygen atoms in total. The Kier molecular flexibility index (Phi) is 30.1. The number of carboxylic acid groups (broad SMARTS) is 3. The number of carboxylic acids is 3. The second-order valence-corrected chi connectivity index (χ2v) is 5.30. The predicted octanol–water partition coefficient (Wildman–Crippen LogP) is -1.89. The number of thiol groups is 3. The van der Waals surface area contributed by atoms with Crippen LogP contribution >= 0.6 is 37.9 Å². The van der Waals surface area contributed by atoms with Crippen LogP contribution in [0.25, 0.3) is 0 Å². The topological polar surface area (TPSA) is 120 Å². The van der Waals surface area contributed by atoms with Gasteiger partial charge in [-0.25, -0.2) is 0 Å². The van der Waals surface area contributed by atoms with Gasteiger partial charge in [0.25, 0.3) is 0 Å². The molecule has 0 rings (SSSR count). The first kappa shape index (κ1) is 31.1. The molecule has 3 unspecified atom stereocenters. The molecule has 0 heterocycles. The zero-order valence-corrected chi connectivity index (χ0v) is 19.2. The number of carbonyl (C=O) groups excluding carboxylic acids is 3. The predicted molar refractivity (Wildman–Crippen MR) is 95.7 cm³/mol. The van der Waals surface area contributed by atoms with Crippen LogP contribution in [0.4, 0.5) is 0 Å². The number of hydrogen-bond donors (Lipinski definition) is 3. The fourth-order valence-electron chi connectivity index (χ4n) is 0.224. The van der Waals surface area contributed by atoms with Crippen molar-refractivity contribution in [2.24, 2.45) is 17.8 Å². The maximum atomic E-state index is 9.77. The molecule has 10 heteroatoms. The Bertz CT molecular complexity index is 271. The molecule has 0 bridgehead atoms. The molecule has 0 fully saturated rings. The molecule has 0 radical (unpaired) electrons. The number of aliphatic carboxylic acids is 3. The number of hydrogen-bond acceptors (Lipinski definition) is 9. The third kappa shape index (κ3) is 27.4. The van der Waals surface area contributed by atoms with Crippen LogP contribution in [-0.2, 0) is 14.4 Å². The summed E-state index contributed by atoms with van der Waals surface area (Å²) >= 11 is 12.8. The molecule has 23 heavy (non-hydrogen) atoms. The van der Waals surface area contributed by atoms with E-state index in [-0.39, 0.29) is 0 Å². The minimum absolute atomic E-state index is 0.350. The zero-order valence-electron chi connectivity index (χ0n) is 13.6. The van der Waals surface area contributed by atoms with E-state index in [9.17, 15) is 29.7 Å². The summed E-state index contributed by atoms with van der Waals surface area (Å²) in [6, 6.07) is 0. The van der Waals surface area contributed by atoms with E-state index in [0.717, 1.165) is 0 Å². The van der Waals surface area contributed by atoms with Crippen molar-refractivity contribution < 1.29 is 29.7 Å². The van der Waals surface area contributed by atoms with Gasteiger partial charge in [-0.1, -0.05) is 20.8 Å². The molecular formula is C13H24O6S3Sn. The van der Waals surface area contributed by atoms with Gasteiger partial charge in [0.2, 0.25) is 0 Å². The van der Waals surface area contributed by atoms with Gasteiger partial charge in [-0.05, 0) is 17.3 Å². The Labute approximate surface area is 168 Å². The van der Waals surface area contributed by atoms with Crippen LogP contribution in [0.15, 0.2) is 0 Å². The molecule has 0 aromatic rings. The maximum absolute atomic E-state index is 9.77. The molecule has 0 amide bonds. The van der Waals surface area contributed by atoms with Gasteiger partial charge in [0.05, 0.1) is 0 Å². The van der Waals surface area contributed by atoms with Crippen LogP contribution in [0.5, 0.6) is 0 Å². The average molecular weight is 491 g/mol. The molecule has 3 atom stereocenters. The van der Waals surface area contributed by atoms with Gasteiger partial charge < -0.3 is 29.7 Å². The molecule has 0 spiro atoms. The van der Waals surface area contributed by atoms with Crippen molar-refractivity contribution in [2.75, 3.05) is 17.3 Å². The molecule has 0 aliphatic carbocycles. The van der Waals surface area contributed by atoms with Crippen molar-refractivity contribution in [3.63, 3.8) is 0 Å². The molecule has 0 aliphatic rings. The van der Waals surface area contributed by atoms with Gasteiger partial charge in [0, 0.05) is 35.7 Å². The average Bonchev–Trinajstić information content (AvgIpc) is 2.54. The van der Waals surface area contributed by atoms with Gasteiger partial charge in [0.1, 0.15) is 0 Å². The Morgan fingerprint density at radius 3 is 0.826 bits per heavy atom. The third-order valence-electron chi connectivity index (χ3n) is 2.03. The summed E-state index contributed by atoms with van der Waals surface area (Å²) in [7, 11) is 0. The molecular weight excluding hydrogens is 467 g/mol. The van der Waals surface area contributed by atoms with Crippen molar-refractivity contribution >= 4 is 78.3 Å². The molecule has 0 aromatic carbocycles. The van der Waals surface area contributed by atoms with E-state index >= 15 is 0 Å². The second-order valence-electron chi connectivity index (χ2n) is 4.21. The fraction of sp³-hybridized carbons (Fsp3) is 0.769. The van der Waals surface area contributed by atoms with Gasteiger partial charge in [-0.2, -0.15) is 37.9 Å². The van der Waals surface area contributed by atoms with Crippen LogP contribution in [0.2, 0.25) is 4.94 Å². The quantitative estimate of drug-likeness (QED) is 0.295. The standard InChI is InChI=1S/3C4H8O2S.CH3.Sn/c3*1-3(2-7)4(5)6;;/h3*3,7H,2H2,1H3,(H,5,6);1H3;/q;;;;+3/p-3. The second kappa shape index (κ2) is 22.3. The van der Waals surface area contributed by atoms with Crippen LogP contribution < -0.4 is 15.3 Å². The minimum atomic E-state index is -1.03. The van der Waals surface area contributed by atoms with Crippen molar-refractivity contribution in [3.05, 3.63) is 0 Å². The molecule has 0 aromatic heterocycles. The summed E-state index contributed by atoms with van der Waals surface area (Å²) in [5.74, 6) is -3.33. The van der Waals surface area contributed by atoms with Crippen molar-refractivity contribution in [3.8, 4) is 0 Å². The van der Waals surface area contributed by atoms with Gasteiger partial charge in [-0.15, -0.1) is 0 Å². The van der Waals surface area contributed by atoms with Crippen molar-refractivity contribution in [1.29, 1.82) is 0 Å². The Hall–Kier alpha value is 0.259. The van der Waals surface area contributed by atoms with E-state index < -0.39 is 35.7 Å². The zero-order chi connectivity index (χ0) is 19.6. The fourth-order valence-corrected chi connectivity index (χ4v) is 0.671. The SMILES string of the molecule is CC(CS)C(=O)[O-].CC(CS)C(=O)[O-].CC(CS)C(=O)[O-].[CH3][Sn+3]. The molecule has 0 aliphatic heterocycles. The summed E-state index contributed by atoms with van der Waals surface area (Å²) < 4.78 is 0. The van der Waals surface area contributed by atoms with E-state index in [4.69, 9.17) is 0 Å². The molecule has 0 saturated carbocycles. The van der Waals surface area contributed by atoms with E-state index in [1.165, 1.54) is 0 Å². The van der Waals surface area contributed by atoms with Gasteiger partial charge in [0.15, 0.2) is 0 Å². The van der Waals surface area contributed by atoms with E-state index in [2.05, 4.69) is 42.8 Å². The summed E-state index contributed by atoms with van der Waals surface area (Å²) in [4.78, 5) is 31.4. The third-order valence-corrected chi connectivity index (χ3v) is 3.67. The van der Waals surface area contributed by atoms with Crippen molar-refractivity contribution in [2.45, 2.75) is 25.7 Å². The van der Waals surface area contributed by atoms with Crippen LogP contribution in [0, 0.1) is 17.8 Å². The van der Waals surface area contributed by atoms with E-state index in [1.807, 2.05) is 0 Å². The van der Waals surface area contributed by atoms with Crippen LogP contribution in [0.3, 0.4) is 0 Å².